The van der Waals surface area contributed by atoms with E-state index in [0.717, 1.165) is 24.5 Å². The minimum absolute atomic E-state index is 0.108. The Morgan fingerprint density at radius 2 is 1.96 bits per heavy atom. The van der Waals surface area contributed by atoms with Gasteiger partial charge in [0, 0.05) is 31.4 Å². The fraction of sp³-hybridized carbons (Fsp3) is 0.474. The molecule has 0 bridgehead atoms. The van der Waals surface area contributed by atoms with Crippen LogP contribution in [-0.4, -0.2) is 24.0 Å². The zero-order valence-electron chi connectivity index (χ0n) is 14.3. The van der Waals surface area contributed by atoms with E-state index >= 15 is 0 Å². The van der Waals surface area contributed by atoms with Crippen molar-refractivity contribution in [2.75, 3.05) is 18.0 Å². The van der Waals surface area contributed by atoms with Crippen molar-refractivity contribution in [2.45, 2.75) is 45.6 Å². The zero-order chi connectivity index (χ0) is 16.8. The van der Waals surface area contributed by atoms with Gasteiger partial charge in [-0.1, -0.05) is 25.3 Å². The van der Waals surface area contributed by atoms with E-state index in [9.17, 15) is 4.79 Å². The number of aryl methyl sites for hydroxylation is 1. The van der Waals surface area contributed by atoms with Crippen molar-refractivity contribution < 1.29 is 9.21 Å². The third-order valence-corrected chi connectivity index (χ3v) is 4.57. The second-order valence-corrected chi connectivity index (χ2v) is 6.31. The lowest BCUT2D eigenvalue weighted by Gasteiger charge is -2.27. The molecule has 0 atom stereocenters. The fourth-order valence-corrected chi connectivity index (χ4v) is 3.20. The molecule has 128 valence electrons. The Kier molecular flexibility index (Phi) is 5.51. The van der Waals surface area contributed by atoms with E-state index in [1.165, 1.54) is 32.1 Å². The summed E-state index contributed by atoms with van der Waals surface area (Å²) >= 11 is 0. The third-order valence-electron chi connectivity index (χ3n) is 4.57. The molecule has 0 unspecified atom stereocenters. The number of carbonyl (C=O) groups excluding carboxylic acids is 1. The number of hydrogen-bond acceptors (Lipinski definition) is 4. The van der Waals surface area contributed by atoms with Gasteiger partial charge < -0.3 is 14.6 Å². The minimum Gasteiger partial charge on any atom is -0.469 e. The number of hydrogen-bond donors (Lipinski definition) is 1. The quantitative estimate of drug-likeness (QED) is 0.930. The van der Waals surface area contributed by atoms with Crippen LogP contribution >= 0.6 is 0 Å². The maximum atomic E-state index is 12.3. The van der Waals surface area contributed by atoms with Gasteiger partial charge in [0.25, 0.3) is 5.91 Å². The van der Waals surface area contributed by atoms with Gasteiger partial charge in [0.05, 0.1) is 11.8 Å². The van der Waals surface area contributed by atoms with Crippen molar-refractivity contribution in [1.29, 1.82) is 0 Å². The van der Waals surface area contributed by atoms with Crippen LogP contribution in [-0.2, 0) is 6.54 Å². The number of amides is 1. The monoisotopic (exact) mass is 327 g/mol. The van der Waals surface area contributed by atoms with Gasteiger partial charge in [-0.3, -0.25) is 4.79 Å². The van der Waals surface area contributed by atoms with Gasteiger partial charge in [-0.2, -0.15) is 0 Å². The van der Waals surface area contributed by atoms with Crippen LogP contribution in [0.4, 0.5) is 5.82 Å². The molecule has 0 aromatic carbocycles. The summed E-state index contributed by atoms with van der Waals surface area (Å²) in [7, 11) is 0. The molecule has 1 saturated heterocycles. The Morgan fingerprint density at radius 1 is 1.21 bits per heavy atom. The van der Waals surface area contributed by atoms with Crippen LogP contribution in [0.1, 0.15) is 53.8 Å². The van der Waals surface area contributed by atoms with E-state index in [1.54, 1.807) is 19.3 Å². The van der Waals surface area contributed by atoms with E-state index in [2.05, 4.69) is 15.2 Å². The predicted octanol–water partition coefficient (Wildman–Crippen LogP) is 3.68. The first-order valence-electron chi connectivity index (χ1n) is 8.77. The van der Waals surface area contributed by atoms with Gasteiger partial charge in [0.1, 0.15) is 11.6 Å². The largest absolute Gasteiger partial charge is 0.469 e. The lowest BCUT2D eigenvalue weighted by atomic mass is 10.1. The van der Waals surface area contributed by atoms with Crippen molar-refractivity contribution in [3.05, 3.63) is 47.5 Å². The molecule has 1 N–H and O–H groups in total. The van der Waals surface area contributed by atoms with Crippen LogP contribution < -0.4 is 10.2 Å². The van der Waals surface area contributed by atoms with Gasteiger partial charge in [0.2, 0.25) is 0 Å². The number of rotatable bonds is 4. The number of pyridine rings is 1. The first kappa shape index (κ1) is 16.6. The number of aromatic nitrogens is 1. The number of anilines is 1. The smallest absolute Gasteiger partial charge is 0.255 e. The van der Waals surface area contributed by atoms with Crippen molar-refractivity contribution in [3.63, 3.8) is 0 Å². The van der Waals surface area contributed by atoms with Crippen LogP contribution in [0.2, 0.25) is 0 Å². The Hall–Kier alpha value is -2.30. The summed E-state index contributed by atoms with van der Waals surface area (Å²) in [6.07, 6.45) is 9.69. The lowest BCUT2D eigenvalue weighted by Crippen LogP contribution is -2.30. The van der Waals surface area contributed by atoms with Crippen molar-refractivity contribution in [1.82, 2.24) is 10.3 Å². The average molecular weight is 327 g/mol. The van der Waals surface area contributed by atoms with E-state index < -0.39 is 0 Å². The summed E-state index contributed by atoms with van der Waals surface area (Å²) in [6.45, 7) is 4.35. The van der Waals surface area contributed by atoms with Crippen LogP contribution in [0.3, 0.4) is 0 Å². The lowest BCUT2D eigenvalue weighted by molar-refractivity contribution is 0.0949. The maximum Gasteiger partial charge on any atom is 0.255 e. The Balaban J connectivity index is 1.69. The molecule has 2 aromatic rings. The van der Waals surface area contributed by atoms with E-state index in [4.69, 9.17) is 4.42 Å². The normalized spacial score (nSPS) is 15.6. The van der Waals surface area contributed by atoms with Gasteiger partial charge >= 0.3 is 0 Å². The van der Waals surface area contributed by atoms with Gasteiger partial charge in [0.15, 0.2) is 0 Å². The molecule has 5 heteroatoms. The molecule has 0 aliphatic carbocycles. The highest BCUT2D eigenvalue weighted by Gasteiger charge is 2.16. The molecule has 1 aliphatic heterocycles. The van der Waals surface area contributed by atoms with Crippen molar-refractivity contribution in [3.8, 4) is 0 Å². The molecule has 5 nitrogen and oxygen atoms in total. The van der Waals surface area contributed by atoms with Crippen molar-refractivity contribution >= 4 is 11.7 Å². The first-order chi connectivity index (χ1) is 11.8. The molecule has 1 aliphatic rings. The molecule has 3 rings (SSSR count). The standard InChI is InChI=1S/C19H25N3O2/c1-15-17(9-13-24-15)19(23)21-14-16-8-7-10-20-18(16)22-11-5-3-2-4-6-12-22/h7-10,13H,2-6,11-12,14H2,1H3,(H,21,23). The van der Waals surface area contributed by atoms with E-state index in [1.807, 2.05) is 18.3 Å². The molecule has 0 radical (unpaired) electrons. The highest BCUT2D eigenvalue weighted by molar-refractivity contribution is 5.95. The average Bonchev–Trinajstić information content (AvgIpc) is 2.99. The summed E-state index contributed by atoms with van der Waals surface area (Å²) in [6, 6.07) is 5.68. The maximum absolute atomic E-state index is 12.3. The molecule has 0 spiro atoms. The third kappa shape index (κ3) is 3.96. The summed E-state index contributed by atoms with van der Waals surface area (Å²) in [5, 5.41) is 2.98. The Morgan fingerprint density at radius 3 is 2.67 bits per heavy atom. The molecule has 0 saturated carbocycles. The highest BCUT2D eigenvalue weighted by atomic mass is 16.3. The Labute approximate surface area is 143 Å². The molecular weight excluding hydrogens is 302 g/mol. The Bertz CT molecular complexity index is 673. The number of furan rings is 1. The van der Waals surface area contributed by atoms with Gasteiger partial charge in [-0.25, -0.2) is 4.98 Å². The summed E-state index contributed by atoms with van der Waals surface area (Å²) in [4.78, 5) is 19.2. The number of nitrogens with one attached hydrogen (secondary N) is 1. The molecule has 1 amide bonds. The first-order valence-corrected chi connectivity index (χ1v) is 8.77. The summed E-state index contributed by atoms with van der Waals surface area (Å²) in [5.74, 6) is 1.54. The second-order valence-electron chi connectivity index (χ2n) is 6.31. The molecular formula is C19H25N3O2. The molecule has 2 aromatic heterocycles. The minimum atomic E-state index is -0.108. The zero-order valence-corrected chi connectivity index (χ0v) is 14.3. The number of nitrogens with zero attached hydrogens (tertiary/aromatic N) is 2. The van der Waals surface area contributed by atoms with Crippen LogP contribution in [0, 0.1) is 6.92 Å². The molecule has 1 fully saturated rings. The topological polar surface area (TPSA) is 58.4 Å². The van der Waals surface area contributed by atoms with Crippen LogP contribution in [0.15, 0.2) is 35.1 Å². The van der Waals surface area contributed by atoms with Crippen LogP contribution in [0.5, 0.6) is 0 Å². The SMILES string of the molecule is Cc1occc1C(=O)NCc1cccnc1N1CCCCCCC1. The van der Waals surface area contributed by atoms with E-state index in [-0.39, 0.29) is 5.91 Å². The second kappa shape index (κ2) is 7.99. The number of carbonyl (C=O) groups is 1. The molecule has 24 heavy (non-hydrogen) atoms. The van der Waals surface area contributed by atoms with Crippen LogP contribution in [0.25, 0.3) is 0 Å². The van der Waals surface area contributed by atoms with Gasteiger partial charge in [-0.05, 0) is 31.9 Å². The summed E-state index contributed by atoms with van der Waals surface area (Å²) in [5.41, 5.74) is 1.65. The van der Waals surface area contributed by atoms with Crippen molar-refractivity contribution in [2.24, 2.45) is 0 Å². The fourth-order valence-electron chi connectivity index (χ4n) is 3.20. The predicted molar refractivity (Wildman–Crippen MR) is 94.2 cm³/mol. The van der Waals surface area contributed by atoms with E-state index in [0.29, 0.717) is 17.9 Å². The van der Waals surface area contributed by atoms with Gasteiger partial charge in [-0.15, -0.1) is 0 Å². The molecule has 3 heterocycles. The highest BCUT2D eigenvalue weighted by Crippen LogP contribution is 2.21. The summed E-state index contributed by atoms with van der Waals surface area (Å²) < 4.78 is 5.20.